The van der Waals surface area contributed by atoms with Crippen molar-refractivity contribution in [2.45, 2.75) is 44.7 Å². The number of guanidine groups is 1. The maximum atomic E-state index is 12.1. The van der Waals surface area contributed by atoms with E-state index in [1.54, 1.807) is 7.05 Å². The van der Waals surface area contributed by atoms with E-state index in [0.717, 1.165) is 38.9 Å². The third kappa shape index (κ3) is 7.28. The number of hydrogen-bond acceptors (Lipinski definition) is 4. The first-order chi connectivity index (χ1) is 14.1. The molecule has 0 bridgehead atoms. The highest BCUT2D eigenvalue weighted by Crippen LogP contribution is 2.25. The van der Waals surface area contributed by atoms with Crippen molar-refractivity contribution in [1.29, 1.82) is 0 Å². The summed E-state index contributed by atoms with van der Waals surface area (Å²) in [5, 5.41) is 6.49. The Hall–Kier alpha value is -1.64. The smallest absolute Gasteiger partial charge is 0.213 e. The Labute approximate surface area is 175 Å². The maximum absolute atomic E-state index is 12.1. The third-order valence-electron chi connectivity index (χ3n) is 5.94. The number of nitrogens with one attached hydrogen (secondary N) is 3. The SMILES string of the molecule is CN=C(NCCS(=O)(=O)NCC1CCC1)NCC1CCCN1Cc1ccccc1. The van der Waals surface area contributed by atoms with Crippen LogP contribution in [0.1, 0.15) is 37.7 Å². The number of sulfonamides is 1. The fourth-order valence-electron chi connectivity index (χ4n) is 3.91. The quantitative estimate of drug-likeness (QED) is 0.394. The topological polar surface area (TPSA) is 85.8 Å². The van der Waals surface area contributed by atoms with Gasteiger partial charge in [-0.1, -0.05) is 36.8 Å². The van der Waals surface area contributed by atoms with E-state index in [9.17, 15) is 8.42 Å². The lowest BCUT2D eigenvalue weighted by Crippen LogP contribution is -2.46. The predicted molar refractivity (Wildman–Crippen MR) is 118 cm³/mol. The summed E-state index contributed by atoms with van der Waals surface area (Å²) in [6.07, 6.45) is 5.87. The second-order valence-electron chi connectivity index (χ2n) is 8.10. The first kappa shape index (κ1) is 22.1. The molecule has 1 aromatic carbocycles. The van der Waals surface area contributed by atoms with Crippen molar-refractivity contribution in [1.82, 2.24) is 20.3 Å². The molecule has 8 heteroatoms. The molecular weight excluding hydrogens is 386 g/mol. The molecule has 1 unspecified atom stereocenters. The van der Waals surface area contributed by atoms with Crippen LogP contribution in [0.3, 0.4) is 0 Å². The van der Waals surface area contributed by atoms with Crippen LogP contribution >= 0.6 is 0 Å². The van der Waals surface area contributed by atoms with Crippen LogP contribution in [0.4, 0.5) is 0 Å². The van der Waals surface area contributed by atoms with Crippen LogP contribution in [-0.4, -0.2) is 64.3 Å². The number of nitrogens with zero attached hydrogens (tertiary/aromatic N) is 2. The number of likely N-dealkylation sites (tertiary alicyclic amines) is 1. The monoisotopic (exact) mass is 421 g/mol. The van der Waals surface area contributed by atoms with E-state index in [-0.39, 0.29) is 5.75 Å². The van der Waals surface area contributed by atoms with Crippen molar-refractivity contribution in [2.75, 3.05) is 39.0 Å². The molecule has 1 aromatic rings. The fourth-order valence-corrected chi connectivity index (χ4v) is 4.91. The summed E-state index contributed by atoms with van der Waals surface area (Å²) in [5.41, 5.74) is 1.33. The largest absolute Gasteiger partial charge is 0.355 e. The molecule has 1 saturated heterocycles. The molecule has 1 heterocycles. The van der Waals surface area contributed by atoms with Gasteiger partial charge in [-0.15, -0.1) is 0 Å². The zero-order valence-corrected chi connectivity index (χ0v) is 18.3. The van der Waals surface area contributed by atoms with Crippen LogP contribution in [-0.2, 0) is 16.6 Å². The van der Waals surface area contributed by atoms with Gasteiger partial charge in [0, 0.05) is 39.3 Å². The zero-order chi connectivity index (χ0) is 20.5. The van der Waals surface area contributed by atoms with Gasteiger partial charge in [-0.25, -0.2) is 13.1 Å². The highest BCUT2D eigenvalue weighted by atomic mass is 32.2. The maximum Gasteiger partial charge on any atom is 0.213 e. The molecule has 2 aliphatic rings. The van der Waals surface area contributed by atoms with Crippen molar-refractivity contribution in [3.8, 4) is 0 Å². The molecule has 0 spiro atoms. The number of benzene rings is 1. The summed E-state index contributed by atoms with van der Waals surface area (Å²) >= 11 is 0. The van der Waals surface area contributed by atoms with Crippen LogP contribution in [0.15, 0.2) is 35.3 Å². The van der Waals surface area contributed by atoms with Crippen molar-refractivity contribution in [2.24, 2.45) is 10.9 Å². The lowest BCUT2D eigenvalue weighted by atomic mass is 9.86. The minimum atomic E-state index is -3.23. The third-order valence-corrected chi connectivity index (χ3v) is 7.28. The lowest BCUT2D eigenvalue weighted by Gasteiger charge is -2.26. The van der Waals surface area contributed by atoms with Crippen LogP contribution in [0.2, 0.25) is 0 Å². The van der Waals surface area contributed by atoms with Gasteiger partial charge < -0.3 is 10.6 Å². The van der Waals surface area contributed by atoms with Crippen LogP contribution < -0.4 is 15.4 Å². The first-order valence-electron chi connectivity index (χ1n) is 10.8. The van der Waals surface area contributed by atoms with Gasteiger partial charge in [0.05, 0.1) is 5.75 Å². The molecule has 3 rings (SSSR count). The summed E-state index contributed by atoms with van der Waals surface area (Å²) in [7, 11) is -1.52. The predicted octanol–water partition coefficient (Wildman–Crippen LogP) is 1.54. The van der Waals surface area contributed by atoms with Crippen LogP contribution in [0.25, 0.3) is 0 Å². The van der Waals surface area contributed by atoms with Gasteiger partial charge >= 0.3 is 0 Å². The van der Waals surface area contributed by atoms with Gasteiger partial charge in [0.2, 0.25) is 10.0 Å². The van der Waals surface area contributed by atoms with E-state index >= 15 is 0 Å². The minimum Gasteiger partial charge on any atom is -0.355 e. The summed E-state index contributed by atoms with van der Waals surface area (Å²) in [6.45, 7) is 3.80. The van der Waals surface area contributed by atoms with E-state index in [4.69, 9.17) is 0 Å². The van der Waals surface area contributed by atoms with Crippen molar-refractivity contribution < 1.29 is 8.42 Å². The number of aliphatic imine (C=N–C) groups is 1. The average Bonchev–Trinajstić information content (AvgIpc) is 3.11. The van der Waals surface area contributed by atoms with Gasteiger partial charge in [0.25, 0.3) is 0 Å². The second kappa shape index (κ2) is 10.9. The van der Waals surface area contributed by atoms with Crippen LogP contribution in [0.5, 0.6) is 0 Å². The fraction of sp³-hybridized carbons (Fsp3) is 0.667. The van der Waals surface area contributed by atoms with E-state index in [0.29, 0.717) is 31.0 Å². The van der Waals surface area contributed by atoms with Gasteiger partial charge in [-0.2, -0.15) is 0 Å². The Morgan fingerprint density at radius 1 is 1.10 bits per heavy atom. The minimum absolute atomic E-state index is 0.0595. The standard InChI is InChI=1S/C21H35N5O2S/c1-22-21(23-12-14-29(27,28)25-15-18-9-5-10-18)24-16-20-11-6-13-26(20)17-19-7-3-2-4-8-19/h2-4,7-8,18,20,25H,5-6,9-17H2,1H3,(H2,22,23,24). The van der Waals surface area contributed by atoms with Gasteiger partial charge in [-0.05, 0) is 43.7 Å². The number of rotatable bonds is 10. The van der Waals surface area contributed by atoms with Crippen molar-refractivity contribution in [3.63, 3.8) is 0 Å². The lowest BCUT2D eigenvalue weighted by molar-refractivity contribution is 0.245. The summed E-state index contributed by atoms with van der Waals surface area (Å²) in [6, 6.07) is 11.0. The molecular formula is C21H35N5O2S. The molecule has 2 fully saturated rings. The summed E-state index contributed by atoms with van der Waals surface area (Å²) in [4.78, 5) is 6.74. The summed E-state index contributed by atoms with van der Waals surface area (Å²) < 4.78 is 26.9. The number of hydrogen-bond donors (Lipinski definition) is 3. The molecule has 3 N–H and O–H groups in total. The van der Waals surface area contributed by atoms with Gasteiger partial charge in [-0.3, -0.25) is 9.89 Å². The Balaban J connectivity index is 1.37. The highest BCUT2D eigenvalue weighted by Gasteiger charge is 2.24. The average molecular weight is 422 g/mol. The van der Waals surface area contributed by atoms with Gasteiger partial charge in [0.1, 0.15) is 0 Å². The molecule has 0 aromatic heterocycles. The Bertz CT molecular complexity index is 750. The van der Waals surface area contributed by atoms with E-state index < -0.39 is 10.0 Å². The van der Waals surface area contributed by atoms with E-state index in [2.05, 4.69) is 49.5 Å². The van der Waals surface area contributed by atoms with Gasteiger partial charge in [0.15, 0.2) is 5.96 Å². The molecule has 0 radical (unpaired) electrons. The van der Waals surface area contributed by atoms with E-state index in [1.807, 2.05) is 6.07 Å². The van der Waals surface area contributed by atoms with Crippen molar-refractivity contribution in [3.05, 3.63) is 35.9 Å². The molecule has 7 nitrogen and oxygen atoms in total. The molecule has 162 valence electrons. The zero-order valence-electron chi connectivity index (χ0n) is 17.4. The highest BCUT2D eigenvalue weighted by molar-refractivity contribution is 7.89. The Morgan fingerprint density at radius 2 is 1.90 bits per heavy atom. The molecule has 29 heavy (non-hydrogen) atoms. The molecule has 1 saturated carbocycles. The Kier molecular flexibility index (Phi) is 8.32. The molecule has 0 amide bonds. The first-order valence-corrected chi connectivity index (χ1v) is 12.4. The molecule has 1 atom stereocenters. The normalized spacial score (nSPS) is 21.1. The molecule has 1 aliphatic heterocycles. The van der Waals surface area contributed by atoms with Crippen LogP contribution in [0, 0.1) is 5.92 Å². The molecule has 1 aliphatic carbocycles. The Morgan fingerprint density at radius 3 is 2.59 bits per heavy atom. The second-order valence-corrected chi connectivity index (χ2v) is 10.0. The summed E-state index contributed by atoms with van der Waals surface area (Å²) in [5.74, 6) is 1.24. The van der Waals surface area contributed by atoms with Crippen molar-refractivity contribution >= 4 is 16.0 Å². The van der Waals surface area contributed by atoms with E-state index in [1.165, 1.54) is 18.4 Å².